The van der Waals surface area contributed by atoms with Crippen LogP contribution in [0.1, 0.15) is 5.56 Å². The minimum Gasteiger partial charge on any atom is -0.497 e. The molecule has 0 aliphatic carbocycles. The minimum atomic E-state index is -0.278. The number of carbonyl (C=O) groups is 1. The van der Waals surface area contributed by atoms with Crippen LogP contribution in [-0.2, 0) is 4.79 Å². The third-order valence-electron chi connectivity index (χ3n) is 4.36. The van der Waals surface area contributed by atoms with Gasteiger partial charge in [-0.15, -0.1) is 0 Å². The molecular formula is C24H21NO3. The molecule has 0 unspecified atom stereocenters. The van der Waals surface area contributed by atoms with Gasteiger partial charge >= 0.3 is 5.91 Å². The molecule has 0 N–H and O–H groups in total. The Morgan fingerprint density at radius 1 is 0.821 bits per heavy atom. The van der Waals surface area contributed by atoms with E-state index in [1.807, 2.05) is 72.8 Å². The van der Waals surface area contributed by atoms with Crippen molar-refractivity contribution >= 4 is 11.6 Å². The summed E-state index contributed by atoms with van der Waals surface area (Å²) in [7, 11) is 4.95. The molecule has 3 aromatic carbocycles. The standard InChI is InChI=1S/C24H21NO3/c1-25(21-10-14-23(28-3)15-11-21)24(26)16-7-18-5-4-6-20(17-18)19-8-12-22(27-2)13-9-19/h4-6,8-15,17H,1-3H3. The van der Waals surface area contributed by atoms with Crippen LogP contribution in [0.25, 0.3) is 11.1 Å². The summed E-state index contributed by atoms with van der Waals surface area (Å²) < 4.78 is 10.3. The molecule has 0 radical (unpaired) electrons. The van der Waals surface area contributed by atoms with Crippen LogP contribution >= 0.6 is 0 Å². The van der Waals surface area contributed by atoms with E-state index in [2.05, 4.69) is 11.8 Å². The number of benzene rings is 3. The molecule has 0 saturated heterocycles. The van der Waals surface area contributed by atoms with Gasteiger partial charge in [-0.2, -0.15) is 0 Å². The zero-order chi connectivity index (χ0) is 19.9. The van der Waals surface area contributed by atoms with E-state index < -0.39 is 0 Å². The lowest BCUT2D eigenvalue weighted by Crippen LogP contribution is -2.24. The molecule has 0 fully saturated rings. The van der Waals surface area contributed by atoms with Crippen LogP contribution in [0.3, 0.4) is 0 Å². The fourth-order valence-electron chi connectivity index (χ4n) is 2.69. The number of carbonyl (C=O) groups excluding carboxylic acids is 1. The van der Waals surface area contributed by atoms with E-state index in [1.54, 1.807) is 21.3 Å². The van der Waals surface area contributed by atoms with Gasteiger partial charge < -0.3 is 14.4 Å². The number of rotatable bonds is 4. The van der Waals surface area contributed by atoms with Crippen molar-refractivity contribution in [2.75, 3.05) is 26.2 Å². The lowest BCUT2D eigenvalue weighted by atomic mass is 10.0. The van der Waals surface area contributed by atoms with Gasteiger partial charge in [0.05, 0.1) is 14.2 Å². The monoisotopic (exact) mass is 371 g/mol. The average molecular weight is 371 g/mol. The van der Waals surface area contributed by atoms with Gasteiger partial charge in [-0.05, 0) is 59.7 Å². The Balaban J connectivity index is 1.76. The maximum absolute atomic E-state index is 12.4. The molecule has 0 bridgehead atoms. The Morgan fingerprint density at radius 3 is 2.04 bits per heavy atom. The summed E-state index contributed by atoms with van der Waals surface area (Å²) in [4.78, 5) is 13.9. The minimum absolute atomic E-state index is 0.278. The Bertz CT molecular complexity index is 1010. The van der Waals surface area contributed by atoms with Gasteiger partial charge in [0.1, 0.15) is 11.5 Å². The smallest absolute Gasteiger partial charge is 0.302 e. The van der Waals surface area contributed by atoms with Gasteiger partial charge in [-0.25, -0.2) is 0 Å². The first kappa shape index (κ1) is 19.1. The van der Waals surface area contributed by atoms with Gasteiger partial charge in [0, 0.05) is 24.2 Å². The van der Waals surface area contributed by atoms with Crippen molar-refractivity contribution in [1.29, 1.82) is 0 Å². The Kier molecular flexibility index (Phi) is 5.98. The molecule has 3 rings (SSSR count). The van der Waals surface area contributed by atoms with Crippen molar-refractivity contribution in [2.45, 2.75) is 0 Å². The maximum Gasteiger partial charge on any atom is 0.302 e. The van der Waals surface area contributed by atoms with E-state index >= 15 is 0 Å². The summed E-state index contributed by atoms with van der Waals surface area (Å²) in [6.45, 7) is 0. The predicted octanol–water partition coefficient (Wildman–Crippen LogP) is 4.39. The van der Waals surface area contributed by atoms with E-state index in [0.29, 0.717) is 0 Å². The van der Waals surface area contributed by atoms with Crippen LogP contribution < -0.4 is 14.4 Å². The molecule has 0 aromatic heterocycles. The fraction of sp³-hybridized carbons (Fsp3) is 0.125. The van der Waals surface area contributed by atoms with Crippen molar-refractivity contribution in [3.8, 4) is 34.5 Å². The van der Waals surface area contributed by atoms with Gasteiger partial charge in [0.2, 0.25) is 0 Å². The van der Waals surface area contributed by atoms with Crippen LogP contribution in [0.5, 0.6) is 11.5 Å². The van der Waals surface area contributed by atoms with Crippen molar-refractivity contribution < 1.29 is 14.3 Å². The second-order valence-electron chi connectivity index (χ2n) is 6.12. The highest BCUT2D eigenvalue weighted by Gasteiger charge is 2.08. The van der Waals surface area contributed by atoms with Crippen molar-refractivity contribution in [3.05, 3.63) is 78.4 Å². The van der Waals surface area contributed by atoms with Gasteiger partial charge in [0.25, 0.3) is 0 Å². The molecule has 0 spiro atoms. The molecule has 28 heavy (non-hydrogen) atoms. The first-order valence-corrected chi connectivity index (χ1v) is 8.79. The summed E-state index contributed by atoms with van der Waals surface area (Å²) in [5, 5.41) is 0. The van der Waals surface area contributed by atoms with Gasteiger partial charge in [-0.1, -0.05) is 30.2 Å². The SMILES string of the molecule is COc1ccc(-c2cccc(C#CC(=O)N(C)c3ccc(OC)cc3)c2)cc1. The van der Waals surface area contributed by atoms with Crippen molar-refractivity contribution in [2.24, 2.45) is 0 Å². The van der Waals surface area contributed by atoms with Gasteiger partial charge in [-0.3, -0.25) is 4.79 Å². The van der Waals surface area contributed by atoms with E-state index in [1.165, 1.54) is 4.90 Å². The lowest BCUT2D eigenvalue weighted by Gasteiger charge is -2.14. The summed E-state index contributed by atoms with van der Waals surface area (Å²) in [6.07, 6.45) is 0. The van der Waals surface area contributed by atoms with Crippen molar-refractivity contribution in [1.82, 2.24) is 0 Å². The zero-order valence-electron chi connectivity index (χ0n) is 16.1. The largest absolute Gasteiger partial charge is 0.497 e. The first-order chi connectivity index (χ1) is 13.6. The number of nitrogens with zero attached hydrogens (tertiary/aromatic N) is 1. The number of hydrogen-bond acceptors (Lipinski definition) is 3. The van der Waals surface area contributed by atoms with Crippen LogP contribution in [-0.4, -0.2) is 27.2 Å². The quantitative estimate of drug-likeness (QED) is 0.639. The van der Waals surface area contributed by atoms with E-state index in [9.17, 15) is 4.79 Å². The number of amides is 1. The van der Waals surface area contributed by atoms with Crippen LogP contribution in [0.4, 0.5) is 5.69 Å². The highest BCUT2D eigenvalue weighted by Crippen LogP contribution is 2.23. The molecular weight excluding hydrogens is 350 g/mol. The van der Waals surface area contributed by atoms with Crippen LogP contribution in [0, 0.1) is 11.8 Å². The number of hydrogen-bond donors (Lipinski definition) is 0. The third kappa shape index (κ3) is 4.52. The first-order valence-electron chi connectivity index (χ1n) is 8.79. The Morgan fingerprint density at radius 2 is 1.43 bits per heavy atom. The summed E-state index contributed by atoms with van der Waals surface area (Å²) in [5.74, 6) is 6.94. The topological polar surface area (TPSA) is 38.8 Å². The predicted molar refractivity (Wildman–Crippen MR) is 112 cm³/mol. The second kappa shape index (κ2) is 8.79. The number of methoxy groups -OCH3 is 2. The molecule has 3 aromatic rings. The third-order valence-corrected chi connectivity index (χ3v) is 4.36. The average Bonchev–Trinajstić information content (AvgIpc) is 2.77. The summed E-state index contributed by atoms with van der Waals surface area (Å²) in [6, 6.07) is 22.9. The zero-order valence-corrected chi connectivity index (χ0v) is 16.1. The molecule has 0 atom stereocenters. The number of ether oxygens (including phenoxy) is 2. The summed E-state index contributed by atoms with van der Waals surface area (Å²) in [5.41, 5.74) is 3.63. The highest BCUT2D eigenvalue weighted by molar-refractivity contribution is 6.05. The van der Waals surface area contributed by atoms with Crippen LogP contribution in [0.2, 0.25) is 0 Å². The molecule has 0 heterocycles. The van der Waals surface area contributed by atoms with Gasteiger partial charge in [0.15, 0.2) is 0 Å². The molecule has 4 heteroatoms. The molecule has 0 aliphatic rings. The van der Waals surface area contributed by atoms with E-state index in [-0.39, 0.29) is 5.91 Å². The molecule has 140 valence electrons. The molecule has 0 aliphatic heterocycles. The molecule has 1 amide bonds. The van der Waals surface area contributed by atoms with E-state index in [4.69, 9.17) is 9.47 Å². The Labute approximate surface area is 165 Å². The summed E-state index contributed by atoms with van der Waals surface area (Å²) >= 11 is 0. The second-order valence-corrected chi connectivity index (χ2v) is 6.12. The van der Waals surface area contributed by atoms with Crippen LogP contribution in [0.15, 0.2) is 72.8 Å². The lowest BCUT2D eigenvalue weighted by molar-refractivity contribution is -0.113. The van der Waals surface area contributed by atoms with E-state index in [0.717, 1.165) is 33.9 Å². The molecule has 4 nitrogen and oxygen atoms in total. The maximum atomic E-state index is 12.4. The number of anilines is 1. The normalized spacial score (nSPS) is 9.82. The Hall–Kier alpha value is -3.71. The molecule has 0 saturated carbocycles. The highest BCUT2D eigenvalue weighted by atomic mass is 16.5. The van der Waals surface area contributed by atoms with Crippen molar-refractivity contribution in [3.63, 3.8) is 0 Å². The fourth-order valence-corrected chi connectivity index (χ4v) is 2.69.